The summed E-state index contributed by atoms with van der Waals surface area (Å²) in [5, 5.41) is 11.3. The number of carbonyl (C=O) groups is 3. The van der Waals surface area contributed by atoms with Crippen LogP contribution >= 0.6 is 0 Å². The Morgan fingerprint density at radius 2 is 1.79 bits per heavy atom. The van der Waals surface area contributed by atoms with Crippen LogP contribution in [-0.2, 0) is 9.59 Å². The van der Waals surface area contributed by atoms with E-state index in [-0.39, 0.29) is 30.6 Å². The van der Waals surface area contributed by atoms with Gasteiger partial charge in [-0.15, -0.1) is 0 Å². The number of hydrogen-bond donors (Lipinski definition) is 2. The average Bonchev–Trinajstić information content (AvgIpc) is 3.53. The highest BCUT2D eigenvalue weighted by Crippen LogP contribution is 2.22. The second kappa shape index (κ2) is 7.87. The average molecular weight is 390 g/mol. The second-order valence-corrected chi connectivity index (χ2v) is 7.37. The predicted octanol–water partition coefficient (Wildman–Crippen LogP) is 3.01. The smallest absolute Gasteiger partial charge is 0.271 e. The molecular weight excluding hydrogens is 368 g/mol. The fourth-order valence-electron chi connectivity index (χ4n) is 3.08. The zero-order valence-corrected chi connectivity index (χ0v) is 16.1. The van der Waals surface area contributed by atoms with Crippen LogP contribution in [0.2, 0.25) is 0 Å². The highest BCUT2D eigenvalue weighted by atomic mass is 16.2. The Bertz CT molecular complexity index is 993. The normalized spacial score (nSPS) is 16.2. The molecule has 0 radical (unpaired) electrons. The Kier molecular flexibility index (Phi) is 5.12. The van der Waals surface area contributed by atoms with Gasteiger partial charge in [-0.2, -0.15) is 5.10 Å². The molecule has 29 heavy (non-hydrogen) atoms. The van der Waals surface area contributed by atoms with Gasteiger partial charge >= 0.3 is 0 Å². The summed E-state index contributed by atoms with van der Waals surface area (Å²) in [6.45, 7) is 1.93. The van der Waals surface area contributed by atoms with Crippen molar-refractivity contribution in [2.45, 2.75) is 38.6 Å². The van der Waals surface area contributed by atoms with Crippen molar-refractivity contribution >= 4 is 34.8 Å². The summed E-state index contributed by atoms with van der Waals surface area (Å²) in [5.41, 5.74) is 3.07. The van der Waals surface area contributed by atoms with Gasteiger partial charge in [-0.25, -0.2) is 5.01 Å². The van der Waals surface area contributed by atoms with E-state index in [1.165, 1.54) is 5.01 Å². The number of amides is 3. The molecule has 1 fully saturated rings. The Hall–Kier alpha value is -3.48. The monoisotopic (exact) mass is 390 g/mol. The van der Waals surface area contributed by atoms with Crippen LogP contribution in [0.1, 0.15) is 41.6 Å². The van der Waals surface area contributed by atoms with Crippen LogP contribution in [-0.4, -0.2) is 29.5 Å². The first kappa shape index (κ1) is 18.9. The summed E-state index contributed by atoms with van der Waals surface area (Å²) in [6, 6.07) is 14.5. The standard InChI is InChI=1S/C22H22N4O3/c1-14-3-2-4-18(13-14)26-20(27)12-11-19(25-26)22(29)24-16-7-5-15(6-8-16)21(28)23-17-9-10-17/h2-8,13,17H,9-12H2,1H3,(H,23,28)(H,24,29). The van der Waals surface area contributed by atoms with Crippen LogP contribution in [0.5, 0.6) is 0 Å². The molecule has 2 aromatic carbocycles. The molecule has 7 heteroatoms. The van der Waals surface area contributed by atoms with E-state index in [0.717, 1.165) is 18.4 Å². The maximum absolute atomic E-state index is 12.6. The molecule has 2 N–H and O–H groups in total. The zero-order chi connectivity index (χ0) is 20.4. The fraction of sp³-hybridized carbons (Fsp3) is 0.273. The van der Waals surface area contributed by atoms with Crippen molar-refractivity contribution in [3.8, 4) is 0 Å². The highest BCUT2D eigenvalue weighted by molar-refractivity contribution is 6.44. The fourth-order valence-corrected chi connectivity index (χ4v) is 3.08. The Labute approximate surface area is 168 Å². The van der Waals surface area contributed by atoms with Gasteiger partial charge in [0.1, 0.15) is 5.71 Å². The number of benzene rings is 2. The summed E-state index contributed by atoms with van der Waals surface area (Å²) >= 11 is 0. The SMILES string of the molecule is Cc1cccc(N2N=C(C(=O)Nc3ccc(C(=O)NC4CC4)cc3)CCC2=O)c1. The van der Waals surface area contributed by atoms with Gasteiger partial charge in [0.25, 0.3) is 11.8 Å². The van der Waals surface area contributed by atoms with Gasteiger partial charge in [-0.3, -0.25) is 14.4 Å². The topological polar surface area (TPSA) is 90.9 Å². The van der Waals surface area contributed by atoms with E-state index in [1.807, 2.05) is 25.1 Å². The first-order valence-electron chi connectivity index (χ1n) is 9.69. The Balaban J connectivity index is 1.45. The van der Waals surface area contributed by atoms with Crippen molar-refractivity contribution in [2.75, 3.05) is 10.3 Å². The number of carbonyl (C=O) groups excluding carboxylic acids is 3. The molecule has 4 rings (SSSR count). The number of anilines is 2. The number of hydrogen-bond acceptors (Lipinski definition) is 4. The first-order valence-corrected chi connectivity index (χ1v) is 9.69. The molecule has 3 amide bonds. The summed E-state index contributed by atoms with van der Waals surface area (Å²) in [7, 11) is 0. The third-order valence-electron chi connectivity index (χ3n) is 4.86. The van der Waals surface area contributed by atoms with E-state index in [4.69, 9.17) is 0 Å². The lowest BCUT2D eigenvalue weighted by Gasteiger charge is -2.23. The van der Waals surface area contributed by atoms with Gasteiger partial charge in [-0.1, -0.05) is 12.1 Å². The van der Waals surface area contributed by atoms with E-state index >= 15 is 0 Å². The molecule has 0 spiro atoms. The molecule has 0 saturated heterocycles. The quantitative estimate of drug-likeness (QED) is 0.822. The van der Waals surface area contributed by atoms with Gasteiger partial charge in [0.2, 0.25) is 5.91 Å². The largest absolute Gasteiger partial charge is 0.349 e. The van der Waals surface area contributed by atoms with Crippen molar-refractivity contribution in [1.29, 1.82) is 0 Å². The van der Waals surface area contributed by atoms with Gasteiger partial charge in [0.05, 0.1) is 5.69 Å². The van der Waals surface area contributed by atoms with E-state index in [1.54, 1.807) is 30.3 Å². The van der Waals surface area contributed by atoms with Crippen molar-refractivity contribution in [2.24, 2.45) is 5.10 Å². The molecular formula is C22H22N4O3. The highest BCUT2D eigenvalue weighted by Gasteiger charge is 2.26. The Morgan fingerprint density at radius 1 is 1.03 bits per heavy atom. The summed E-state index contributed by atoms with van der Waals surface area (Å²) in [4.78, 5) is 36.9. The first-order chi connectivity index (χ1) is 14.0. The van der Waals surface area contributed by atoms with Gasteiger partial charge < -0.3 is 10.6 Å². The van der Waals surface area contributed by atoms with Crippen LogP contribution in [0.3, 0.4) is 0 Å². The summed E-state index contributed by atoms with van der Waals surface area (Å²) < 4.78 is 0. The van der Waals surface area contributed by atoms with Crippen molar-refractivity contribution in [3.63, 3.8) is 0 Å². The maximum atomic E-state index is 12.6. The number of aryl methyl sites for hydroxylation is 1. The molecule has 2 aliphatic rings. The van der Waals surface area contributed by atoms with Crippen LogP contribution in [0.25, 0.3) is 0 Å². The molecule has 1 saturated carbocycles. The minimum atomic E-state index is -0.356. The third kappa shape index (κ3) is 4.51. The number of nitrogens with zero attached hydrogens (tertiary/aromatic N) is 2. The van der Waals surface area contributed by atoms with Crippen LogP contribution in [0.15, 0.2) is 53.6 Å². The third-order valence-corrected chi connectivity index (χ3v) is 4.86. The van der Waals surface area contributed by atoms with Gasteiger partial charge in [0, 0.05) is 30.1 Å². The molecule has 148 valence electrons. The molecule has 0 bridgehead atoms. The van der Waals surface area contributed by atoms with E-state index in [0.29, 0.717) is 28.7 Å². The minimum absolute atomic E-state index is 0.102. The predicted molar refractivity (Wildman–Crippen MR) is 111 cm³/mol. The summed E-state index contributed by atoms with van der Waals surface area (Å²) in [5.74, 6) is -0.599. The van der Waals surface area contributed by atoms with E-state index in [2.05, 4.69) is 15.7 Å². The lowest BCUT2D eigenvalue weighted by molar-refractivity contribution is -0.118. The van der Waals surface area contributed by atoms with Gasteiger partial charge in [-0.05, 0) is 61.7 Å². The number of nitrogens with one attached hydrogen (secondary N) is 2. The van der Waals surface area contributed by atoms with Crippen molar-refractivity contribution in [1.82, 2.24) is 5.32 Å². The molecule has 1 heterocycles. The number of rotatable bonds is 5. The molecule has 0 aromatic heterocycles. The van der Waals surface area contributed by atoms with Crippen LogP contribution in [0, 0.1) is 6.92 Å². The molecule has 1 aliphatic heterocycles. The Morgan fingerprint density at radius 3 is 2.48 bits per heavy atom. The van der Waals surface area contributed by atoms with Crippen LogP contribution in [0.4, 0.5) is 11.4 Å². The lowest BCUT2D eigenvalue weighted by atomic mass is 10.1. The van der Waals surface area contributed by atoms with Crippen molar-refractivity contribution < 1.29 is 14.4 Å². The van der Waals surface area contributed by atoms with E-state index in [9.17, 15) is 14.4 Å². The van der Waals surface area contributed by atoms with Crippen molar-refractivity contribution in [3.05, 3.63) is 59.7 Å². The molecule has 7 nitrogen and oxygen atoms in total. The van der Waals surface area contributed by atoms with E-state index < -0.39 is 0 Å². The maximum Gasteiger partial charge on any atom is 0.271 e. The molecule has 0 unspecified atom stereocenters. The summed E-state index contributed by atoms with van der Waals surface area (Å²) in [6.07, 6.45) is 2.57. The second-order valence-electron chi connectivity index (χ2n) is 7.37. The molecule has 1 aliphatic carbocycles. The van der Waals surface area contributed by atoms with Crippen LogP contribution < -0.4 is 15.6 Å². The zero-order valence-electron chi connectivity index (χ0n) is 16.1. The minimum Gasteiger partial charge on any atom is -0.349 e. The molecule has 2 aromatic rings. The van der Waals surface area contributed by atoms with Gasteiger partial charge in [0.15, 0.2) is 0 Å². The lowest BCUT2D eigenvalue weighted by Crippen LogP contribution is -2.36. The molecule has 0 atom stereocenters. The number of hydrazone groups is 1.